The minimum Gasteiger partial charge on any atom is -0.455 e. The molecule has 2 aromatic carbocycles. The Hall–Kier alpha value is -2.65. The summed E-state index contributed by atoms with van der Waals surface area (Å²) < 4.78 is 6.02. The minimum absolute atomic E-state index is 0.0114. The fourth-order valence-electron chi connectivity index (χ4n) is 2.46. The zero-order chi connectivity index (χ0) is 15.4. The molecule has 3 nitrogen and oxygen atoms in total. The number of hydrogen-bond acceptors (Lipinski definition) is 3. The van der Waals surface area contributed by atoms with Gasteiger partial charge in [-0.25, -0.2) is 0 Å². The number of rotatable bonds is 5. The fourth-order valence-corrected chi connectivity index (χ4v) is 2.46. The van der Waals surface area contributed by atoms with E-state index >= 15 is 0 Å². The Morgan fingerprint density at radius 2 is 1.77 bits per heavy atom. The van der Waals surface area contributed by atoms with Crippen molar-refractivity contribution >= 4 is 11.0 Å². The maximum Gasteiger partial charge on any atom is 0.197 e. The summed E-state index contributed by atoms with van der Waals surface area (Å²) in [5.74, 6) is 0.626. The third-order valence-electron chi connectivity index (χ3n) is 3.52. The molecule has 0 unspecified atom stereocenters. The molecule has 22 heavy (non-hydrogen) atoms. The summed E-state index contributed by atoms with van der Waals surface area (Å²) >= 11 is 0. The van der Waals surface area contributed by atoms with Gasteiger partial charge < -0.3 is 9.73 Å². The normalized spacial score (nSPS) is 10.7. The third kappa shape index (κ3) is 2.71. The van der Waals surface area contributed by atoms with Crippen LogP contribution in [0.5, 0.6) is 0 Å². The van der Waals surface area contributed by atoms with Crippen molar-refractivity contribution in [3.05, 3.63) is 83.0 Å². The summed E-state index contributed by atoms with van der Waals surface area (Å²) in [7, 11) is 0. The van der Waals surface area contributed by atoms with Crippen molar-refractivity contribution in [2.45, 2.75) is 6.54 Å². The first-order valence-electron chi connectivity index (χ1n) is 7.23. The highest BCUT2D eigenvalue weighted by molar-refractivity contribution is 5.80. The lowest BCUT2D eigenvalue weighted by atomic mass is 10.0. The van der Waals surface area contributed by atoms with Gasteiger partial charge in [0.05, 0.1) is 10.9 Å². The van der Waals surface area contributed by atoms with Crippen molar-refractivity contribution in [2.75, 3.05) is 6.54 Å². The Labute approximate surface area is 128 Å². The van der Waals surface area contributed by atoms with Crippen molar-refractivity contribution in [3.8, 4) is 11.3 Å². The van der Waals surface area contributed by atoms with Gasteiger partial charge in [-0.2, -0.15) is 0 Å². The second-order valence-corrected chi connectivity index (χ2v) is 5.02. The molecular weight excluding hydrogens is 274 g/mol. The summed E-state index contributed by atoms with van der Waals surface area (Å²) in [6.07, 6.45) is 1.77. The molecule has 1 N–H and O–H groups in total. The van der Waals surface area contributed by atoms with E-state index in [0.29, 0.717) is 35.4 Å². The summed E-state index contributed by atoms with van der Waals surface area (Å²) in [4.78, 5) is 12.8. The lowest BCUT2D eigenvalue weighted by Gasteiger charge is -2.10. The molecule has 0 spiro atoms. The number of nitrogens with one attached hydrogen (secondary N) is 1. The van der Waals surface area contributed by atoms with E-state index < -0.39 is 0 Å². The van der Waals surface area contributed by atoms with Gasteiger partial charge in [-0.15, -0.1) is 6.58 Å². The van der Waals surface area contributed by atoms with Crippen LogP contribution in [0.25, 0.3) is 22.3 Å². The van der Waals surface area contributed by atoms with Crippen molar-refractivity contribution in [1.82, 2.24) is 5.32 Å². The van der Waals surface area contributed by atoms with E-state index in [1.165, 1.54) is 0 Å². The van der Waals surface area contributed by atoms with E-state index in [-0.39, 0.29) is 5.43 Å². The molecule has 0 aliphatic heterocycles. The zero-order valence-electron chi connectivity index (χ0n) is 12.2. The first-order chi connectivity index (χ1) is 10.8. The van der Waals surface area contributed by atoms with Crippen LogP contribution in [-0.2, 0) is 6.54 Å². The summed E-state index contributed by atoms with van der Waals surface area (Å²) in [6.45, 7) is 4.77. The average Bonchev–Trinajstić information content (AvgIpc) is 2.57. The standard InChI is InChI=1S/C19H17NO2/c1-2-12-20-13-16-18(21)15-10-6-7-11-17(15)22-19(16)14-8-4-3-5-9-14/h2-11,20H,1,12-13H2. The van der Waals surface area contributed by atoms with E-state index in [1.54, 1.807) is 12.1 Å². The first-order valence-corrected chi connectivity index (χ1v) is 7.23. The van der Waals surface area contributed by atoms with Gasteiger partial charge in [0.1, 0.15) is 11.3 Å². The highest BCUT2D eigenvalue weighted by Crippen LogP contribution is 2.25. The topological polar surface area (TPSA) is 42.2 Å². The van der Waals surface area contributed by atoms with Gasteiger partial charge in [0, 0.05) is 18.7 Å². The molecule has 0 atom stereocenters. The predicted molar refractivity (Wildman–Crippen MR) is 89.8 cm³/mol. The van der Waals surface area contributed by atoms with Crippen molar-refractivity contribution in [1.29, 1.82) is 0 Å². The zero-order valence-corrected chi connectivity index (χ0v) is 12.2. The molecule has 3 heteroatoms. The van der Waals surface area contributed by atoms with Gasteiger partial charge in [-0.3, -0.25) is 4.79 Å². The second-order valence-electron chi connectivity index (χ2n) is 5.02. The van der Waals surface area contributed by atoms with Crippen LogP contribution in [0.15, 0.2) is 76.5 Å². The molecule has 3 aromatic rings. The minimum atomic E-state index is 0.0114. The molecular formula is C19H17NO2. The summed E-state index contributed by atoms with van der Waals surface area (Å²) in [5, 5.41) is 3.80. The van der Waals surface area contributed by atoms with Gasteiger partial charge in [0.15, 0.2) is 5.43 Å². The van der Waals surface area contributed by atoms with Crippen molar-refractivity contribution in [3.63, 3.8) is 0 Å². The molecule has 0 amide bonds. The number of para-hydroxylation sites is 1. The average molecular weight is 291 g/mol. The van der Waals surface area contributed by atoms with E-state index in [0.717, 1.165) is 5.56 Å². The van der Waals surface area contributed by atoms with E-state index in [1.807, 2.05) is 48.5 Å². The van der Waals surface area contributed by atoms with Crippen LogP contribution in [0.1, 0.15) is 5.56 Å². The first kappa shape index (κ1) is 14.3. The number of fused-ring (bicyclic) bond motifs is 1. The Bertz CT molecular complexity index is 850. The maximum absolute atomic E-state index is 12.8. The van der Waals surface area contributed by atoms with Gasteiger partial charge in [-0.1, -0.05) is 48.5 Å². The van der Waals surface area contributed by atoms with Crippen molar-refractivity contribution in [2.24, 2.45) is 0 Å². The van der Waals surface area contributed by atoms with Crippen LogP contribution in [0.2, 0.25) is 0 Å². The van der Waals surface area contributed by atoms with Crippen LogP contribution in [0, 0.1) is 0 Å². The molecule has 0 aliphatic rings. The van der Waals surface area contributed by atoms with Gasteiger partial charge in [0.2, 0.25) is 0 Å². The predicted octanol–water partition coefficient (Wildman–Crippen LogP) is 3.74. The Morgan fingerprint density at radius 3 is 2.55 bits per heavy atom. The monoisotopic (exact) mass is 291 g/mol. The molecule has 1 heterocycles. The van der Waals surface area contributed by atoms with E-state index in [4.69, 9.17) is 4.42 Å². The van der Waals surface area contributed by atoms with Crippen LogP contribution in [0.3, 0.4) is 0 Å². The Balaban J connectivity index is 2.21. The molecule has 3 rings (SSSR count). The van der Waals surface area contributed by atoms with E-state index in [2.05, 4.69) is 11.9 Å². The SMILES string of the molecule is C=CCNCc1c(-c2ccccc2)oc2ccccc2c1=O. The Morgan fingerprint density at radius 1 is 1.05 bits per heavy atom. The highest BCUT2D eigenvalue weighted by Gasteiger charge is 2.15. The van der Waals surface area contributed by atoms with Gasteiger partial charge in [-0.05, 0) is 12.1 Å². The molecule has 0 fully saturated rings. The van der Waals surface area contributed by atoms with Crippen LogP contribution < -0.4 is 10.7 Å². The largest absolute Gasteiger partial charge is 0.455 e. The smallest absolute Gasteiger partial charge is 0.197 e. The lowest BCUT2D eigenvalue weighted by Crippen LogP contribution is -2.20. The lowest BCUT2D eigenvalue weighted by molar-refractivity contribution is 0.602. The second kappa shape index (κ2) is 6.41. The molecule has 0 aliphatic carbocycles. The third-order valence-corrected chi connectivity index (χ3v) is 3.52. The quantitative estimate of drug-likeness (QED) is 0.575. The van der Waals surface area contributed by atoms with Gasteiger partial charge >= 0.3 is 0 Å². The molecule has 0 radical (unpaired) electrons. The highest BCUT2D eigenvalue weighted by atomic mass is 16.3. The summed E-state index contributed by atoms with van der Waals surface area (Å²) in [6, 6.07) is 17.1. The Kier molecular flexibility index (Phi) is 4.17. The number of benzene rings is 2. The number of hydrogen-bond donors (Lipinski definition) is 1. The molecule has 110 valence electrons. The molecule has 0 bridgehead atoms. The molecule has 0 saturated carbocycles. The van der Waals surface area contributed by atoms with Crippen LogP contribution in [0.4, 0.5) is 0 Å². The fraction of sp³-hybridized carbons (Fsp3) is 0.105. The van der Waals surface area contributed by atoms with Crippen molar-refractivity contribution < 1.29 is 4.42 Å². The van der Waals surface area contributed by atoms with E-state index in [9.17, 15) is 4.79 Å². The van der Waals surface area contributed by atoms with Crippen LogP contribution in [-0.4, -0.2) is 6.54 Å². The van der Waals surface area contributed by atoms with Gasteiger partial charge in [0.25, 0.3) is 0 Å². The molecule has 1 aromatic heterocycles. The van der Waals surface area contributed by atoms with Crippen LogP contribution >= 0.6 is 0 Å². The summed E-state index contributed by atoms with van der Waals surface area (Å²) in [5.41, 5.74) is 2.17. The molecule has 0 saturated heterocycles. The maximum atomic E-state index is 12.8.